The van der Waals surface area contributed by atoms with Crippen molar-refractivity contribution in [1.29, 1.82) is 0 Å². The van der Waals surface area contributed by atoms with Crippen LogP contribution in [0.5, 0.6) is 0 Å². The average molecular weight is 250 g/mol. The van der Waals surface area contributed by atoms with Gasteiger partial charge >= 0.3 is 0 Å². The van der Waals surface area contributed by atoms with Crippen LogP contribution in [0.15, 0.2) is 18.2 Å². The van der Waals surface area contributed by atoms with Gasteiger partial charge in [-0.05, 0) is 17.0 Å². The third-order valence-corrected chi connectivity index (χ3v) is 2.66. The fourth-order valence-electron chi connectivity index (χ4n) is 1.49. The van der Waals surface area contributed by atoms with Crippen molar-refractivity contribution in [3.05, 3.63) is 33.9 Å². The molecule has 5 heteroatoms. The largest absolute Gasteiger partial charge is 0.320 e. The Bertz CT molecular complexity index is 476. The molecule has 0 saturated carbocycles. The zero-order valence-electron chi connectivity index (χ0n) is 11.1. The van der Waals surface area contributed by atoms with Gasteiger partial charge in [0.15, 0.2) is 0 Å². The lowest BCUT2D eigenvalue weighted by atomic mass is 9.86. The van der Waals surface area contributed by atoms with Crippen LogP contribution >= 0.6 is 0 Å². The van der Waals surface area contributed by atoms with E-state index in [0.717, 1.165) is 5.56 Å². The number of nitrogens with one attached hydrogen (secondary N) is 1. The predicted molar refractivity (Wildman–Crippen MR) is 70.7 cm³/mol. The van der Waals surface area contributed by atoms with Crippen LogP contribution in [-0.2, 0) is 10.2 Å². The van der Waals surface area contributed by atoms with Crippen LogP contribution in [0.1, 0.15) is 39.7 Å². The normalized spacial score (nSPS) is 11.1. The Morgan fingerprint density at radius 2 is 2.00 bits per heavy atom. The van der Waals surface area contributed by atoms with Crippen molar-refractivity contribution in [1.82, 2.24) is 0 Å². The molecule has 0 aliphatic rings. The van der Waals surface area contributed by atoms with Gasteiger partial charge in [0.05, 0.1) is 4.92 Å². The second-order valence-corrected chi connectivity index (χ2v) is 5.14. The van der Waals surface area contributed by atoms with Crippen molar-refractivity contribution < 1.29 is 9.72 Å². The van der Waals surface area contributed by atoms with Crippen LogP contribution in [0.2, 0.25) is 0 Å². The summed E-state index contributed by atoms with van der Waals surface area (Å²) >= 11 is 0. The topological polar surface area (TPSA) is 72.2 Å². The molecule has 0 aromatic heterocycles. The first-order valence-corrected chi connectivity index (χ1v) is 5.84. The Labute approximate surface area is 106 Å². The van der Waals surface area contributed by atoms with Gasteiger partial charge in [0, 0.05) is 12.5 Å². The number of hydrogen-bond donors (Lipinski definition) is 1. The van der Waals surface area contributed by atoms with Gasteiger partial charge < -0.3 is 5.32 Å². The van der Waals surface area contributed by atoms with Crippen molar-refractivity contribution in [2.45, 2.75) is 39.5 Å². The molecule has 5 nitrogen and oxygen atoms in total. The summed E-state index contributed by atoms with van der Waals surface area (Å²) < 4.78 is 0. The molecule has 1 aromatic carbocycles. The fourth-order valence-corrected chi connectivity index (χ4v) is 1.49. The van der Waals surface area contributed by atoms with E-state index in [0.29, 0.717) is 0 Å². The number of carbonyl (C=O) groups excluding carboxylic acids is 1. The third-order valence-electron chi connectivity index (χ3n) is 2.66. The highest BCUT2D eigenvalue weighted by molar-refractivity contribution is 5.92. The second-order valence-electron chi connectivity index (χ2n) is 5.14. The molecule has 0 atom stereocenters. The number of amides is 1. The number of carbonyl (C=O) groups is 1. The minimum absolute atomic E-state index is 0.0655. The highest BCUT2D eigenvalue weighted by Crippen LogP contribution is 2.31. The maximum absolute atomic E-state index is 11.3. The molecule has 0 radical (unpaired) electrons. The molecular weight excluding hydrogens is 232 g/mol. The molecule has 0 aliphatic heterocycles. The lowest BCUT2D eigenvalue weighted by Gasteiger charge is -2.19. The van der Waals surface area contributed by atoms with Gasteiger partial charge in [-0.3, -0.25) is 14.9 Å². The van der Waals surface area contributed by atoms with Gasteiger partial charge in [0.25, 0.3) is 5.69 Å². The van der Waals surface area contributed by atoms with Crippen molar-refractivity contribution in [2.75, 3.05) is 5.32 Å². The molecule has 1 N–H and O–H groups in total. The zero-order chi connectivity index (χ0) is 13.9. The van der Waals surface area contributed by atoms with Crippen LogP contribution in [0.25, 0.3) is 0 Å². The standard InChI is InChI=1S/C13H18N2O3/c1-5-12(16)14-10-7-6-9(13(2,3)4)8-11(10)15(17)18/h6-8H,5H2,1-4H3,(H,14,16). The molecule has 18 heavy (non-hydrogen) atoms. The molecular formula is C13H18N2O3. The molecule has 1 aromatic rings. The van der Waals surface area contributed by atoms with E-state index < -0.39 is 4.92 Å². The van der Waals surface area contributed by atoms with E-state index in [1.807, 2.05) is 20.8 Å². The minimum Gasteiger partial charge on any atom is -0.320 e. The SMILES string of the molecule is CCC(=O)Nc1ccc(C(C)(C)C)cc1[N+](=O)[O-]. The van der Waals surface area contributed by atoms with Gasteiger partial charge in [-0.25, -0.2) is 0 Å². The van der Waals surface area contributed by atoms with Gasteiger partial charge in [0.2, 0.25) is 5.91 Å². The van der Waals surface area contributed by atoms with Crippen LogP contribution in [0, 0.1) is 10.1 Å². The summed E-state index contributed by atoms with van der Waals surface area (Å²) in [7, 11) is 0. The number of nitrogens with zero attached hydrogens (tertiary/aromatic N) is 1. The maximum Gasteiger partial charge on any atom is 0.293 e. The number of nitro groups is 1. The number of anilines is 1. The lowest BCUT2D eigenvalue weighted by molar-refractivity contribution is -0.384. The number of nitro benzene ring substituents is 1. The van der Waals surface area contributed by atoms with E-state index in [4.69, 9.17) is 0 Å². The van der Waals surface area contributed by atoms with Crippen LogP contribution in [0.3, 0.4) is 0 Å². The molecule has 0 spiro atoms. The van der Waals surface area contributed by atoms with Gasteiger partial charge in [0.1, 0.15) is 5.69 Å². The Balaban J connectivity index is 3.21. The second kappa shape index (κ2) is 5.16. The molecule has 98 valence electrons. The summed E-state index contributed by atoms with van der Waals surface area (Å²) in [5, 5.41) is 13.6. The fraction of sp³-hybridized carbons (Fsp3) is 0.462. The van der Waals surface area contributed by atoms with Crippen LogP contribution in [-0.4, -0.2) is 10.8 Å². The maximum atomic E-state index is 11.3. The summed E-state index contributed by atoms with van der Waals surface area (Å²) in [6.07, 6.45) is 0.290. The van der Waals surface area contributed by atoms with Crippen molar-refractivity contribution in [3.63, 3.8) is 0 Å². The molecule has 0 bridgehead atoms. The zero-order valence-corrected chi connectivity index (χ0v) is 11.1. The lowest BCUT2D eigenvalue weighted by Crippen LogP contribution is -2.14. The quantitative estimate of drug-likeness (QED) is 0.661. The molecule has 1 rings (SSSR count). The highest BCUT2D eigenvalue weighted by atomic mass is 16.6. The van der Waals surface area contributed by atoms with Gasteiger partial charge in [-0.2, -0.15) is 0 Å². The molecule has 0 aliphatic carbocycles. The van der Waals surface area contributed by atoms with Gasteiger partial charge in [-0.15, -0.1) is 0 Å². The van der Waals surface area contributed by atoms with Crippen LogP contribution in [0.4, 0.5) is 11.4 Å². The average Bonchev–Trinajstić information content (AvgIpc) is 2.27. The Morgan fingerprint density at radius 3 is 2.44 bits per heavy atom. The molecule has 0 saturated heterocycles. The Morgan fingerprint density at radius 1 is 1.39 bits per heavy atom. The predicted octanol–water partition coefficient (Wildman–Crippen LogP) is 3.24. The number of hydrogen-bond acceptors (Lipinski definition) is 3. The first-order chi connectivity index (χ1) is 8.25. The third kappa shape index (κ3) is 3.29. The van der Waals surface area contributed by atoms with Crippen molar-refractivity contribution >= 4 is 17.3 Å². The van der Waals surface area contributed by atoms with Crippen molar-refractivity contribution in [3.8, 4) is 0 Å². The molecule has 1 amide bonds. The van der Waals surface area contributed by atoms with E-state index in [9.17, 15) is 14.9 Å². The molecule has 0 unspecified atom stereocenters. The number of benzene rings is 1. The minimum atomic E-state index is -0.472. The summed E-state index contributed by atoms with van der Waals surface area (Å²) in [5.74, 6) is -0.235. The van der Waals surface area contributed by atoms with Crippen LogP contribution < -0.4 is 5.32 Å². The van der Waals surface area contributed by atoms with Gasteiger partial charge in [-0.1, -0.05) is 33.8 Å². The summed E-state index contributed by atoms with van der Waals surface area (Å²) in [4.78, 5) is 21.9. The van der Waals surface area contributed by atoms with E-state index in [2.05, 4.69) is 5.32 Å². The van der Waals surface area contributed by atoms with E-state index in [-0.39, 0.29) is 29.1 Å². The monoisotopic (exact) mass is 250 g/mol. The van der Waals surface area contributed by atoms with E-state index >= 15 is 0 Å². The molecule has 0 heterocycles. The number of rotatable bonds is 3. The summed E-state index contributed by atoms with van der Waals surface area (Å²) in [6, 6.07) is 4.91. The van der Waals surface area contributed by atoms with E-state index in [1.54, 1.807) is 19.1 Å². The summed E-state index contributed by atoms with van der Waals surface area (Å²) in [5.41, 5.74) is 0.880. The highest BCUT2D eigenvalue weighted by Gasteiger charge is 2.21. The smallest absolute Gasteiger partial charge is 0.293 e. The van der Waals surface area contributed by atoms with E-state index in [1.165, 1.54) is 6.07 Å². The first-order valence-electron chi connectivity index (χ1n) is 5.84. The molecule has 0 fully saturated rings. The Kier molecular flexibility index (Phi) is 4.06. The summed E-state index contributed by atoms with van der Waals surface area (Å²) in [6.45, 7) is 7.65. The first kappa shape index (κ1) is 14.2. The Hall–Kier alpha value is -1.91. The van der Waals surface area contributed by atoms with Crippen molar-refractivity contribution in [2.24, 2.45) is 0 Å².